The summed E-state index contributed by atoms with van der Waals surface area (Å²) in [7, 11) is 1.64. The van der Waals surface area contributed by atoms with Crippen LogP contribution in [0, 0.1) is 0 Å². The van der Waals surface area contributed by atoms with Gasteiger partial charge in [0.25, 0.3) is 0 Å². The maximum Gasteiger partial charge on any atom is 0.303 e. The van der Waals surface area contributed by atoms with Crippen molar-refractivity contribution in [1.29, 1.82) is 0 Å². The molecule has 0 spiro atoms. The van der Waals surface area contributed by atoms with Crippen LogP contribution in [-0.4, -0.2) is 47.8 Å². The number of benzene rings is 2. The summed E-state index contributed by atoms with van der Waals surface area (Å²) in [5.41, 5.74) is 3.74. The predicted octanol–water partition coefficient (Wildman–Crippen LogP) is 4.62. The van der Waals surface area contributed by atoms with Crippen molar-refractivity contribution in [3.8, 4) is 5.75 Å². The molecule has 32 heavy (non-hydrogen) atoms. The van der Waals surface area contributed by atoms with Gasteiger partial charge in [0.05, 0.1) is 7.11 Å². The van der Waals surface area contributed by atoms with E-state index in [9.17, 15) is 4.79 Å². The summed E-state index contributed by atoms with van der Waals surface area (Å²) in [5.74, 6) is 0.0762. The largest absolute Gasteiger partial charge is 0.497 e. The lowest BCUT2D eigenvalue weighted by molar-refractivity contribution is -0.137. The molecule has 0 bridgehead atoms. The second-order valence-electron chi connectivity index (χ2n) is 8.10. The molecule has 2 aromatic carbocycles. The van der Waals surface area contributed by atoms with Crippen molar-refractivity contribution in [2.24, 2.45) is 0 Å². The highest BCUT2D eigenvalue weighted by atomic mass is 32.1. The molecule has 3 N–H and O–H groups in total. The topological polar surface area (TPSA) is 73.8 Å². The Morgan fingerprint density at radius 3 is 2.66 bits per heavy atom. The highest BCUT2D eigenvalue weighted by Crippen LogP contribution is 2.34. The molecule has 1 aliphatic rings. The lowest BCUT2D eigenvalue weighted by Crippen LogP contribution is -2.36. The van der Waals surface area contributed by atoms with Crippen LogP contribution in [-0.2, 0) is 11.2 Å². The first-order valence-corrected chi connectivity index (χ1v) is 11.7. The number of carboxylic acid groups (broad SMARTS) is 1. The highest BCUT2D eigenvalue weighted by molar-refractivity contribution is 7.80. The summed E-state index contributed by atoms with van der Waals surface area (Å²) in [4.78, 5) is 13.5. The number of nitrogens with one attached hydrogen (secondary N) is 2. The molecule has 172 valence electrons. The number of methoxy groups -OCH3 is 1. The molecular weight excluding hydrogens is 422 g/mol. The zero-order chi connectivity index (χ0) is 22.8. The second kappa shape index (κ2) is 12.4. The molecule has 0 heterocycles. The van der Waals surface area contributed by atoms with Crippen LogP contribution in [0.25, 0.3) is 0 Å². The average molecular weight is 456 g/mol. The lowest BCUT2D eigenvalue weighted by Gasteiger charge is -2.36. The molecule has 6 nitrogen and oxygen atoms in total. The summed E-state index contributed by atoms with van der Waals surface area (Å²) >= 11 is 5.42. The molecule has 1 unspecified atom stereocenters. The van der Waals surface area contributed by atoms with Gasteiger partial charge in [-0.25, -0.2) is 0 Å². The van der Waals surface area contributed by atoms with E-state index in [1.54, 1.807) is 7.11 Å². The van der Waals surface area contributed by atoms with Crippen LogP contribution in [0.4, 0.5) is 5.69 Å². The molecule has 0 radical (unpaired) electrons. The van der Waals surface area contributed by atoms with E-state index in [4.69, 9.17) is 22.1 Å². The van der Waals surface area contributed by atoms with Crippen LogP contribution >= 0.6 is 12.2 Å². The Kier molecular flexibility index (Phi) is 9.31. The molecule has 1 atom stereocenters. The Morgan fingerprint density at radius 2 is 1.91 bits per heavy atom. The van der Waals surface area contributed by atoms with E-state index >= 15 is 0 Å². The van der Waals surface area contributed by atoms with Crippen molar-refractivity contribution in [3.05, 3.63) is 59.7 Å². The third kappa shape index (κ3) is 7.21. The zero-order valence-electron chi connectivity index (χ0n) is 18.7. The van der Waals surface area contributed by atoms with Gasteiger partial charge in [-0.3, -0.25) is 9.69 Å². The maximum absolute atomic E-state index is 11.0. The number of ether oxygens (including phenoxy) is 1. The standard InChI is InChI=1S/C25H33N3O3S/c1-31-21-14-12-20(13-15-21)27-25(32)26-16-6-18-28(17-5-11-24(29)30)23-10-4-8-19-7-2-3-9-22(19)23/h2-3,7,9,12-15,23H,4-6,8,10-11,16-18H2,1H3,(H,29,30)(H2,26,27,32). The first kappa shape index (κ1) is 24.0. The van der Waals surface area contributed by atoms with Crippen molar-refractivity contribution in [1.82, 2.24) is 10.2 Å². The van der Waals surface area contributed by atoms with Gasteiger partial charge < -0.3 is 20.5 Å². The number of rotatable bonds is 11. The Hall–Kier alpha value is -2.64. The van der Waals surface area contributed by atoms with Gasteiger partial charge in [-0.2, -0.15) is 0 Å². The number of anilines is 1. The molecule has 1 aliphatic carbocycles. The van der Waals surface area contributed by atoms with E-state index in [0.717, 1.165) is 50.3 Å². The van der Waals surface area contributed by atoms with Crippen LogP contribution in [0.1, 0.15) is 49.3 Å². The number of aryl methyl sites for hydroxylation is 1. The minimum atomic E-state index is -0.731. The summed E-state index contributed by atoms with van der Waals surface area (Å²) in [5, 5.41) is 16.1. The van der Waals surface area contributed by atoms with E-state index < -0.39 is 5.97 Å². The van der Waals surface area contributed by atoms with Gasteiger partial charge in [0.1, 0.15) is 5.75 Å². The van der Waals surface area contributed by atoms with Crippen LogP contribution in [0.5, 0.6) is 5.75 Å². The Morgan fingerprint density at radius 1 is 1.16 bits per heavy atom. The van der Waals surface area contributed by atoms with Gasteiger partial charge in [0, 0.05) is 31.2 Å². The number of carboxylic acids is 1. The monoisotopic (exact) mass is 455 g/mol. The Balaban J connectivity index is 1.51. The van der Waals surface area contributed by atoms with Gasteiger partial charge in [-0.15, -0.1) is 0 Å². The average Bonchev–Trinajstić information content (AvgIpc) is 2.80. The second-order valence-corrected chi connectivity index (χ2v) is 8.51. The first-order valence-electron chi connectivity index (χ1n) is 11.3. The molecule has 0 aliphatic heterocycles. The third-order valence-corrected chi connectivity index (χ3v) is 6.12. The molecule has 0 aromatic heterocycles. The fraction of sp³-hybridized carbons (Fsp3) is 0.440. The van der Waals surface area contributed by atoms with E-state index in [-0.39, 0.29) is 6.42 Å². The van der Waals surface area contributed by atoms with Crippen molar-refractivity contribution in [2.75, 3.05) is 32.1 Å². The molecule has 7 heteroatoms. The van der Waals surface area contributed by atoms with Gasteiger partial charge in [-0.05, 0) is 86.3 Å². The minimum Gasteiger partial charge on any atom is -0.497 e. The van der Waals surface area contributed by atoms with Gasteiger partial charge in [0.2, 0.25) is 0 Å². The van der Waals surface area contributed by atoms with Crippen molar-refractivity contribution in [3.63, 3.8) is 0 Å². The van der Waals surface area contributed by atoms with Gasteiger partial charge in [-0.1, -0.05) is 24.3 Å². The molecule has 0 saturated carbocycles. The number of hydrogen-bond donors (Lipinski definition) is 3. The van der Waals surface area contributed by atoms with E-state index in [2.05, 4.69) is 39.8 Å². The van der Waals surface area contributed by atoms with Crippen molar-refractivity contribution < 1.29 is 14.6 Å². The van der Waals surface area contributed by atoms with Crippen molar-refractivity contribution in [2.45, 2.75) is 44.6 Å². The molecule has 0 saturated heterocycles. The Bertz CT molecular complexity index is 888. The van der Waals surface area contributed by atoms with Gasteiger partial charge >= 0.3 is 5.97 Å². The first-order chi connectivity index (χ1) is 15.6. The molecular formula is C25H33N3O3S. The molecule has 3 rings (SSSR count). The quantitative estimate of drug-likeness (QED) is 0.337. The smallest absolute Gasteiger partial charge is 0.303 e. The van der Waals surface area contributed by atoms with Crippen LogP contribution in [0.15, 0.2) is 48.5 Å². The number of fused-ring (bicyclic) bond motifs is 1. The summed E-state index contributed by atoms with van der Waals surface area (Å²) in [6, 6.07) is 16.7. The van der Waals surface area contributed by atoms with Crippen LogP contribution < -0.4 is 15.4 Å². The number of thiocarbonyl (C=S) groups is 1. The zero-order valence-corrected chi connectivity index (χ0v) is 19.5. The number of carbonyl (C=O) groups is 1. The number of hydrogen-bond acceptors (Lipinski definition) is 4. The molecule has 0 amide bonds. The van der Waals surface area contributed by atoms with E-state index in [0.29, 0.717) is 17.6 Å². The fourth-order valence-electron chi connectivity index (χ4n) is 4.30. The number of nitrogens with zero attached hydrogens (tertiary/aromatic N) is 1. The molecule has 2 aromatic rings. The van der Waals surface area contributed by atoms with Crippen LogP contribution in [0.2, 0.25) is 0 Å². The predicted molar refractivity (Wildman–Crippen MR) is 132 cm³/mol. The van der Waals surface area contributed by atoms with Crippen LogP contribution in [0.3, 0.4) is 0 Å². The minimum absolute atomic E-state index is 0.207. The summed E-state index contributed by atoms with van der Waals surface area (Å²) in [6.45, 7) is 2.45. The van der Waals surface area contributed by atoms with Gasteiger partial charge in [0.15, 0.2) is 5.11 Å². The Labute approximate surface area is 196 Å². The lowest BCUT2D eigenvalue weighted by atomic mass is 9.86. The van der Waals surface area contributed by atoms with Crippen molar-refractivity contribution >= 4 is 29.0 Å². The summed E-state index contributed by atoms with van der Waals surface area (Å²) < 4.78 is 5.18. The molecule has 0 fully saturated rings. The van der Waals surface area contributed by atoms with E-state index in [1.807, 2.05) is 24.3 Å². The maximum atomic E-state index is 11.0. The fourth-order valence-corrected chi connectivity index (χ4v) is 4.52. The summed E-state index contributed by atoms with van der Waals surface area (Å²) in [6.07, 6.45) is 5.22. The highest BCUT2D eigenvalue weighted by Gasteiger charge is 2.25. The SMILES string of the molecule is COc1ccc(NC(=S)NCCCN(CCCC(=O)O)C2CCCc3ccccc32)cc1. The normalized spacial score (nSPS) is 15.1. The van der Waals surface area contributed by atoms with E-state index in [1.165, 1.54) is 17.5 Å². The third-order valence-electron chi connectivity index (χ3n) is 5.87. The number of aliphatic carboxylic acids is 1.